The number of azo groups is 2. The SMILES string of the molecule is Cc1c(C(N)=O)c(O)n(CCN(CCn2c(O)c(C(N)=O)c(C)c(N=Nc3ccc4c(S(=O)(=O)O)cccc4c3S(=O)(=O)O)c2=O)c2nc(F)nc(Nc3ccc(S(=O)(=O)CCOS(=O)(=O)O)cc3)n2)c(=O)c1N=Nc1ccc2c(S(=O)(=O)O)cccc2c1S(=O)(=O)O. The van der Waals surface area contributed by atoms with Crippen LogP contribution in [0.5, 0.6) is 11.8 Å². The second kappa shape index (κ2) is 25.7. The van der Waals surface area contributed by atoms with Gasteiger partial charge in [0.05, 0.1) is 17.3 Å². The molecule has 44 heteroatoms. The molecule has 0 aliphatic carbocycles. The summed E-state index contributed by atoms with van der Waals surface area (Å²) in [5.74, 6) is -7.57. The molecule has 37 nitrogen and oxygen atoms in total. The second-order valence-corrected chi connectivity index (χ2v) is 27.9. The third-order valence-electron chi connectivity index (χ3n) is 13.4. The summed E-state index contributed by atoms with van der Waals surface area (Å²) < 4.78 is 217. The Bertz CT molecular complexity index is 5150. The van der Waals surface area contributed by atoms with Gasteiger partial charge >= 0.3 is 16.5 Å². The van der Waals surface area contributed by atoms with E-state index in [-0.39, 0.29) is 5.69 Å². The molecule has 93 heavy (non-hydrogen) atoms. The zero-order chi connectivity index (χ0) is 68.8. The van der Waals surface area contributed by atoms with Crippen molar-refractivity contribution in [3.8, 4) is 11.8 Å². The van der Waals surface area contributed by atoms with Crippen LogP contribution < -0.4 is 32.8 Å². The number of hydrogen-bond donors (Lipinski definition) is 10. The van der Waals surface area contributed by atoms with Crippen molar-refractivity contribution in [2.24, 2.45) is 31.9 Å². The van der Waals surface area contributed by atoms with Crippen molar-refractivity contribution in [1.29, 1.82) is 0 Å². The molecule has 3 heterocycles. The number of benzene rings is 5. The maximum Gasteiger partial charge on any atom is 0.397 e. The molecule has 0 bridgehead atoms. The number of aromatic hydroxyl groups is 2. The van der Waals surface area contributed by atoms with E-state index in [1.54, 1.807) is 0 Å². The van der Waals surface area contributed by atoms with E-state index in [0.717, 1.165) is 104 Å². The maximum atomic E-state index is 15.7. The number of sulfone groups is 1. The number of pyridine rings is 2. The first kappa shape index (κ1) is 69.2. The molecule has 0 radical (unpaired) electrons. The van der Waals surface area contributed by atoms with Crippen molar-refractivity contribution < 1.29 is 102 Å². The summed E-state index contributed by atoms with van der Waals surface area (Å²) in [6, 6.07) is 13.7. The number of fused-ring (bicyclic) bond motifs is 2. The Morgan fingerprint density at radius 1 is 0.581 bits per heavy atom. The van der Waals surface area contributed by atoms with Crippen LogP contribution in [0.15, 0.2) is 139 Å². The lowest BCUT2D eigenvalue weighted by molar-refractivity contribution is 0.0986. The summed E-state index contributed by atoms with van der Waals surface area (Å²) in [7, 11) is -30.1. The number of amides is 2. The predicted molar refractivity (Wildman–Crippen MR) is 318 cm³/mol. The van der Waals surface area contributed by atoms with Crippen LogP contribution in [0.25, 0.3) is 21.5 Å². The molecule has 0 aliphatic rings. The van der Waals surface area contributed by atoms with Crippen molar-refractivity contribution in [3.05, 3.63) is 134 Å². The fourth-order valence-corrected chi connectivity index (χ4v) is 13.9. The highest BCUT2D eigenvalue weighted by molar-refractivity contribution is 7.91. The molecule has 0 fully saturated rings. The van der Waals surface area contributed by atoms with Gasteiger partial charge in [-0.15, -0.1) is 20.5 Å². The van der Waals surface area contributed by atoms with Crippen LogP contribution in [-0.4, -0.2) is 145 Å². The van der Waals surface area contributed by atoms with E-state index in [1.165, 1.54) is 0 Å². The molecule has 8 rings (SSSR count). The van der Waals surface area contributed by atoms with Gasteiger partial charge < -0.3 is 31.9 Å². The molecule has 0 spiro atoms. The van der Waals surface area contributed by atoms with Crippen molar-refractivity contribution >= 4 is 134 Å². The lowest BCUT2D eigenvalue weighted by atomic mass is 10.1. The van der Waals surface area contributed by atoms with Gasteiger partial charge in [-0.25, -0.2) is 12.6 Å². The fourth-order valence-electron chi connectivity index (χ4n) is 9.32. The maximum absolute atomic E-state index is 15.7. The molecule has 2 amide bonds. The minimum absolute atomic E-state index is 0.0645. The van der Waals surface area contributed by atoms with E-state index in [9.17, 15) is 98.1 Å². The quantitative estimate of drug-likeness (QED) is 0.0307. The van der Waals surface area contributed by atoms with Crippen LogP contribution in [0.3, 0.4) is 0 Å². The number of carbonyl (C=O) groups excluding carboxylic acids is 2. The minimum atomic E-state index is -5.39. The van der Waals surface area contributed by atoms with Gasteiger partial charge in [0.15, 0.2) is 21.2 Å². The molecule has 8 aromatic rings. The Labute approximate surface area is 522 Å². The van der Waals surface area contributed by atoms with Crippen LogP contribution in [-0.2, 0) is 78.0 Å². The van der Waals surface area contributed by atoms with Crippen molar-refractivity contribution in [2.45, 2.75) is 51.4 Å². The number of carbonyl (C=O) groups is 2. The Kier molecular flexibility index (Phi) is 19.1. The number of nitrogens with two attached hydrogens (primary N) is 2. The zero-order valence-electron chi connectivity index (χ0n) is 46.9. The van der Waals surface area contributed by atoms with Gasteiger partial charge in [0.1, 0.15) is 42.1 Å². The lowest BCUT2D eigenvalue weighted by Crippen LogP contribution is -2.37. The molecule has 0 aliphatic heterocycles. The van der Waals surface area contributed by atoms with E-state index >= 15 is 4.39 Å². The summed E-state index contributed by atoms with van der Waals surface area (Å²) in [5.41, 5.74) is 2.60. The first-order chi connectivity index (χ1) is 43.1. The van der Waals surface area contributed by atoms with E-state index in [0.29, 0.717) is 9.13 Å². The third kappa shape index (κ3) is 15.0. The third-order valence-corrected chi connectivity index (χ3v) is 19.3. The molecule has 0 saturated heterocycles. The van der Waals surface area contributed by atoms with E-state index in [1.807, 2.05) is 0 Å². The molecular formula is C49H44FN13O24S6. The van der Waals surface area contributed by atoms with Gasteiger partial charge in [-0.1, -0.05) is 36.4 Å². The smallest absolute Gasteiger partial charge is 0.397 e. The average Bonchev–Trinajstić information content (AvgIpc) is 0.770. The van der Waals surface area contributed by atoms with Gasteiger partial charge in [0, 0.05) is 64.5 Å². The highest BCUT2D eigenvalue weighted by Gasteiger charge is 2.30. The molecular weight excluding hydrogens is 1370 g/mol. The van der Waals surface area contributed by atoms with Gasteiger partial charge in [0.25, 0.3) is 63.4 Å². The van der Waals surface area contributed by atoms with Crippen molar-refractivity contribution in [1.82, 2.24) is 24.1 Å². The summed E-state index contributed by atoms with van der Waals surface area (Å²) in [6.45, 7) is -2.30. The largest absolute Gasteiger partial charge is 0.494 e. The van der Waals surface area contributed by atoms with E-state index < -0.39 is 243 Å². The van der Waals surface area contributed by atoms with Gasteiger partial charge in [-0.2, -0.15) is 61.4 Å². The average molecular weight is 1410 g/mol. The van der Waals surface area contributed by atoms with Crippen LogP contribution >= 0.6 is 0 Å². The first-order valence-corrected chi connectivity index (χ1v) is 34.1. The lowest BCUT2D eigenvalue weighted by Gasteiger charge is -2.25. The molecule has 0 unspecified atom stereocenters. The summed E-state index contributed by atoms with van der Waals surface area (Å²) in [6.07, 6.45) is -1.59. The standard InChI is InChI=1S/C49H44FN13O24S6/c1-23-35(41(51)64)43(66)62(45(68)37(23)59-57-31-15-13-27-29(39(31)91(78,79)80)5-3-7-33(27)89(72,73)74)19-17-61(49-55-47(50)54-48(56-49)53-25-9-11-26(12-10-25)88(70,71)22-21-87-93(84,85)86)18-20-63-44(67)36(42(52)65)24(2)38(46(63)69)60-58-32-16-14-28-30(40(32)92(81,82)83)6-4-8-34(28)90(75,76)77/h3-16,66-67H,17-22H2,1-2H3,(H2,51,64)(H2,52,65)(H,72,73,74)(H,75,76,77)(H,78,79,80)(H,81,82,83)(H,84,85,86)(H,53,54,55,56). The second-order valence-electron chi connectivity index (χ2n) is 19.2. The van der Waals surface area contributed by atoms with Gasteiger partial charge in [-0.3, -0.25) is 51.1 Å². The number of aromatic nitrogens is 5. The molecule has 12 N–H and O–H groups in total. The molecule has 3 aromatic heterocycles. The summed E-state index contributed by atoms with van der Waals surface area (Å²) in [4.78, 5) is 63.2. The van der Waals surface area contributed by atoms with Gasteiger partial charge in [0.2, 0.25) is 23.7 Å². The molecule has 0 atom stereocenters. The zero-order valence-corrected chi connectivity index (χ0v) is 51.7. The molecule has 5 aromatic carbocycles. The normalized spacial score (nSPS) is 12.7. The Hall–Kier alpha value is -9.74. The van der Waals surface area contributed by atoms with Crippen molar-refractivity contribution in [3.63, 3.8) is 0 Å². The van der Waals surface area contributed by atoms with E-state index in [2.05, 4.69) is 44.9 Å². The van der Waals surface area contributed by atoms with Crippen LogP contribution in [0.2, 0.25) is 0 Å². The number of primary amides is 2. The van der Waals surface area contributed by atoms with Gasteiger partial charge in [-0.05, 0) is 62.4 Å². The Morgan fingerprint density at radius 3 is 1.40 bits per heavy atom. The summed E-state index contributed by atoms with van der Waals surface area (Å²) in [5, 5.41) is 39.1. The minimum Gasteiger partial charge on any atom is -0.494 e. The fraction of sp³-hybridized carbons (Fsp3) is 0.163. The number of halogens is 1. The highest BCUT2D eigenvalue weighted by Crippen LogP contribution is 2.39. The van der Waals surface area contributed by atoms with Crippen LogP contribution in [0.4, 0.5) is 44.7 Å². The van der Waals surface area contributed by atoms with E-state index in [4.69, 9.17) is 16.0 Å². The van der Waals surface area contributed by atoms with Crippen LogP contribution in [0.1, 0.15) is 31.8 Å². The molecule has 492 valence electrons. The van der Waals surface area contributed by atoms with Crippen molar-refractivity contribution in [2.75, 3.05) is 35.7 Å². The molecule has 0 saturated carbocycles. The number of hydrogen-bond acceptors (Lipinski definition) is 28. The number of nitrogens with one attached hydrogen (secondary N) is 1. The number of nitrogens with zero attached hydrogens (tertiary/aromatic N) is 10. The first-order valence-electron chi connectivity index (χ1n) is 25.4. The predicted octanol–water partition coefficient (Wildman–Crippen LogP) is 3.23. The van der Waals surface area contributed by atoms with Crippen LogP contribution in [0, 0.1) is 19.9 Å². The Balaban J connectivity index is 1.24. The highest BCUT2D eigenvalue weighted by atomic mass is 32.3. The summed E-state index contributed by atoms with van der Waals surface area (Å²) >= 11 is 0. The number of rotatable bonds is 24. The Morgan fingerprint density at radius 2 is 1.01 bits per heavy atom. The topological polar surface area (TPSA) is 589 Å². The monoisotopic (exact) mass is 1410 g/mol. The number of anilines is 3.